The van der Waals surface area contributed by atoms with E-state index in [0.29, 0.717) is 44.7 Å². The molecule has 35 heavy (non-hydrogen) atoms. The molecule has 0 radical (unpaired) electrons. The van der Waals surface area contributed by atoms with Gasteiger partial charge in [0.05, 0.1) is 37.9 Å². The van der Waals surface area contributed by atoms with E-state index in [9.17, 15) is 9.59 Å². The van der Waals surface area contributed by atoms with Gasteiger partial charge in [-0.15, -0.1) is 0 Å². The van der Waals surface area contributed by atoms with Crippen molar-refractivity contribution in [1.82, 2.24) is 9.55 Å². The van der Waals surface area contributed by atoms with Gasteiger partial charge in [-0.1, -0.05) is 42.1 Å². The summed E-state index contributed by atoms with van der Waals surface area (Å²) in [6, 6.07) is 19.9. The number of carbonyl (C=O) groups excluding carboxylic acids is 1. The summed E-state index contributed by atoms with van der Waals surface area (Å²) < 4.78 is 17.6. The number of methoxy groups -OCH3 is 3. The van der Waals surface area contributed by atoms with Gasteiger partial charge in [0.2, 0.25) is 11.7 Å². The van der Waals surface area contributed by atoms with Crippen LogP contribution in [0.2, 0.25) is 0 Å². The Kier molecular flexibility index (Phi) is 7.57. The summed E-state index contributed by atoms with van der Waals surface area (Å²) >= 11 is 1.35. The summed E-state index contributed by atoms with van der Waals surface area (Å²) in [6.07, 6.45) is 0.207. The number of hydrogen-bond donors (Lipinski definition) is 1. The standard InChI is InChI=1S/C26H25N3O5S/c1-32-21-15-17(16-22(33-2)24(21)34-3)27-23(30)13-14-35-26-28-20-12-8-7-11-19(20)25(31)29(26)18-9-5-4-6-10-18/h4-12,15-16H,13-14H2,1-3H3,(H,27,30). The number of nitrogens with one attached hydrogen (secondary N) is 1. The Morgan fingerprint density at radius 2 is 1.60 bits per heavy atom. The topological polar surface area (TPSA) is 91.7 Å². The predicted molar refractivity (Wildman–Crippen MR) is 137 cm³/mol. The Morgan fingerprint density at radius 1 is 0.943 bits per heavy atom. The van der Waals surface area contributed by atoms with Crippen LogP contribution in [0, 0.1) is 0 Å². The first-order valence-electron chi connectivity index (χ1n) is 10.9. The molecular formula is C26H25N3O5S. The number of rotatable bonds is 9. The number of thioether (sulfide) groups is 1. The highest BCUT2D eigenvalue weighted by molar-refractivity contribution is 7.99. The average molecular weight is 492 g/mol. The van der Waals surface area contributed by atoms with Crippen LogP contribution in [0.3, 0.4) is 0 Å². The van der Waals surface area contributed by atoms with Crippen molar-refractivity contribution in [1.29, 1.82) is 0 Å². The molecule has 0 atom stereocenters. The van der Waals surface area contributed by atoms with Gasteiger partial charge in [-0.3, -0.25) is 14.2 Å². The molecule has 0 aliphatic heterocycles. The Labute approximate surface area is 206 Å². The molecule has 1 amide bonds. The smallest absolute Gasteiger partial charge is 0.266 e. The first-order valence-corrected chi connectivity index (χ1v) is 11.8. The molecule has 8 nitrogen and oxygen atoms in total. The van der Waals surface area contributed by atoms with E-state index in [1.165, 1.54) is 33.1 Å². The van der Waals surface area contributed by atoms with Crippen LogP contribution in [0.4, 0.5) is 5.69 Å². The lowest BCUT2D eigenvalue weighted by Gasteiger charge is -2.15. The van der Waals surface area contributed by atoms with Gasteiger partial charge in [-0.05, 0) is 24.3 Å². The average Bonchev–Trinajstić information content (AvgIpc) is 2.88. The lowest BCUT2D eigenvalue weighted by Crippen LogP contribution is -2.22. The molecule has 1 N–H and O–H groups in total. The van der Waals surface area contributed by atoms with Crippen LogP contribution in [0.15, 0.2) is 76.7 Å². The number of hydrogen-bond acceptors (Lipinski definition) is 7. The molecule has 0 aliphatic carbocycles. The maximum atomic E-state index is 13.3. The molecule has 0 saturated heterocycles. The second-order valence-electron chi connectivity index (χ2n) is 7.45. The first kappa shape index (κ1) is 24.2. The van der Waals surface area contributed by atoms with Gasteiger partial charge in [0, 0.05) is 30.0 Å². The molecule has 0 saturated carbocycles. The number of para-hydroxylation sites is 2. The second-order valence-corrected chi connectivity index (χ2v) is 8.51. The minimum atomic E-state index is -0.193. The van der Waals surface area contributed by atoms with Crippen molar-refractivity contribution in [2.75, 3.05) is 32.4 Å². The molecule has 0 bridgehead atoms. The molecule has 0 spiro atoms. The third-order valence-electron chi connectivity index (χ3n) is 5.27. The van der Waals surface area contributed by atoms with Crippen molar-refractivity contribution in [3.8, 4) is 22.9 Å². The third kappa shape index (κ3) is 5.25. The fourth-order valence-electron chi connectivity index (χ4n) is 3.63. The van der Waals surface area contributed by atoms with E-state index in [4.69, 9.17) is 19.2 Å². The summed E-state index contributed by atoms with van der Waals surface area (Å²) in [5.41, 5.74) is 1.72. The molecule has 0 fully saturated rings. The van der Waals surface area contributed by atoms with Crippen molar-refractivity contribution < 1.29 is 19.0 Å². The van der Waals surface area contributed by atoms with E-state index in [0.717, 1.165) is 5.69 Å². The third-order valence-corrected chi connectivity index (χ3v) is 6.21. The van der Waals surface area contributed by atoms with Crippen molar-refractivity contribution in [3.05, 3.63) is 77.1 Å². The van der Waals surface area contributed by atoms with Crippen LogP contribution >= 0.6 is 11.8 Å². The van der Waals surface area contributed by atoms with E-state index >= 15 is 0 Å². The maximum Gasteiger partial charge on any atom is 0.266 e. The SMILES string of the molecule is COc1cc(NC(=O)CCSc2nc3ccccc3c(=O)n2-c2ccccc2)cc(OC)c1OC. The van der Waals surface area contributed by atoms with Crippen LogP contribution < -0.4 is 25.1 Å². The minimum Gasteiger partial charge on any atom is -0.493 e. The molecule has 4 rings (SSSR count). The Bertz CT molecular complexity index is 1380. The summed E-state index contributed by atoms with van der Waals surface area (Å²) in [6.45, 7) is 0. The Hall–Kier alpha value is -3.98. The highest BCUT2D eigenvalue weighted by Gasteiger charge is 2.16. The van der Waals surface area contributed by atoms with Gasteiger partial charge in [0.25, 0.3) is 5.56 Å². The van der Waals surface area contributed by atoms with Gasteiger partial charge < -0.3 is 19.5 Å². The van der Waals surface area contributed by atoms with Crippen LogP contribution in [0.25, 0.3) is 16.6 Å². The van der Waals surface area contributed by atoms with E-state index in [-0.39, 0.29) is 17.9 Å². The number of carbonyl (C=O) groups is 1. The first-order chi connectivity index (χ1) is 17.0. The highest BCUT2D eigenvalue weighted by atomic mass is 32.2. The number of benzene rings is 3. The summed E-state index contributed by atoms with van der Waals surface area (Å²) in [5, 5.41) is 3.93. The number of ether oxygens (including phenoxy) is 3. The summed E-state index contributed by atoms with van der Waals surface area (Å²) in [5.74, 6) is 1.58. The monoisotopic (exact) mass is 491 g/mol. The van der Waals surface area contributed by atoms with Gasteiger partial charge >= 0.3 is 0 Å². The largest absolute Gasteiger partial charge is 0.493 e. The molecular weight excluding hydrogens is 466 g/mol. The number of amides is 1. The molecule has 4 aromatic rings. The normalized spacial score (nSPS) is 10.7. The van der Waals surface area contributed by atoms with E-state index in [2.05, 4.69) is 5.32 Å². The fraction of sp³-hybridized carbons (Fsp3) is 0.192. The van der Waals surface area contributed by atoms with Gasteiger partial charge in [-0.25, -0.2) is 4.98 Å². The lowest BCUT2D eigenvalue weighted by atomic mass is 10.2. The zero-order valence-electron chi connectivity index (χ0n) is 19.6. The molecule has 0 unspecified atom stereocenters. The lowest BCUT2D eigenvalue weighted by molar-refractivity contribution is -0.115. The second kappa shape index (κ2) is 11.0. The molecule has 9 heteroatoms. The Balaban J connectivity index is 1.53. The van der Waals surface area contributed by atoms with Crippen molar-refractivity contribution in [2.24, 2.45) is 0 Å². The minimum absolute atomic E-state index is 0.147. The summed E-state index contributed by atoms with van der Waals surface area (Å²) in [4.78, 5) is 30.6. The van der Waals surface area contributed by atoms with Crippen LogP contribution in [-0.4, -0.2) is 42.5 Å². The molecule has 1 heterocycles. The van der Waals surface area contributed by atoms with Crippen molar-refractivity contribution in [3.63, 3.8) is 0 Å². The van der Waals surface area contributed by atoms with Gasteiger partial charge in [0.1, 0.15) is 0 Å². The van der Waals surface area contributed by atoms with Crippen LogP contribution in [0.5, 0.6) is 17.2 Å². The number of aromatic nitrogens is 2. The number of nitrogens with zero attached hydrogens (tertiary/aromatic N) is 2. The zero-order chi connectivity index (χ0) is 24.8. The number of anilines is 1. The van der Waals surface area contributed by atoms with Gasteiger partial charge in [-0.2, -0.15) is 0 Å². The predicted octanol–water partition coefficient (Wildman–Crippen LogP) is 4.53. The van der Waals surface area contributed by atoms with E-state index in [1.807, 2.05) is 48.5 Å². The van der Waals surface area contributed by atoms with Gasteiger partial charge in [0.15, 0.2) is 16.7 Å². The molecule has 0 aliphatic rings. The molecule has 3 aromatic carbocycles. The van der Waals surface area contributed by atoms with Crippen molar-refractivity contribution in [2.45, 2.75) is 11.6 Å². The van der Waals surface area contributed by atoms with Crippen LogP contribution in [-0.2, 0) is 4.79 Å². The molecule has 1 aromatic heterocycles. The van der Waals surface area contributed by atoms with E-state index in [1.54, 1.807) is 22.8 Å². The highest BCUT2D eigenvalue weighted by Crippen LogP contribution is 2.40. The van der Waals surface area contributed by atoms with E-state index < -0.39 is 0 Å². The maximum absolute atomic E-state index is 13.3. The number of fused-ring (bicyclic) bond motifs is 1. The quantitative estimate of drug-likeness (QED) is 0.272. The van der Waals surface area contributed by atoms with Crippen molar-refractivity contribution >= 4 is 34.3 Å². The zero-order valence-corrected chi connectivity index (χ0v) is 20.4. The Morgan fingerprint density at radius 3 is 2.26 bits per heavy atom. The van der Waals surface area contributed by atoms with Crippen LogP contribution in [0.1, 0.15) is 6.42 Å². The summed E-state index contributed by atoms with van der Waals surface area (Å²) in [7, 11) is 4.55. The fourth-order valence-corrected chi connectivity index (χ4v) is 4.58. The molecule has 180 valence electrons.